The zero-order chi connectivity index (χ0) is 31.9. The summed E-state index contributed by atoms with van der Waals surface area (Å²) in [7, 11) is 1.59. The van der Waals surface area contributed by atoms with Crippen LogP contribution >= 0.6 is 0 Å². The number of carbonyl (C=O) groups excluding carboxylic acids is 1. The number of ether oxygens (including phenoxy) is 5. The third-order valence-corrected chi connectivity index (χ3v) is 8.31. The molecule has 1 amide bonds. The number of anilines is 1. The summed E-state index contributed by atoms with van der Waals surface area (Å²) in [5.41, 5.74) is 3.55. The molecule has 240 valence electrons. The van der Waals surface area contributed by atoms with Crippen LogP contribution in [0.4, 0.5) is 10.1 Å². The van der Waals surface area contributed by atoms with E-state index < -0.39 is 23.8 Å². The summed E-state index contributed by atoms with van der Waals surface area (Å²) in [6.07, 6.45) is 1.09. The SMILES string of the molecule is CCc1cc(F)cc(CC)c1NC(=O)CN1C[C@H](c2ccc3c(c2)OCO3)C(C(=O)O)[C@@H]1c1ccc(OCOCCOC)cc1. The maximum atomic E-state index is 14.2. The molecule has 0 radical (unpaired) electrons. The summed E-state index contributed by atoms with van der Waals surface area (Å²) < 4.78 is 41.3. The molecule has 0 saturated carbocycles. The number of carboxylic acid groups (broad SMARTS) is 1. The summed E-state index contributed by atoms with van der Waals surface area (Å²) in [6.45, 7) is 5.07. The van der Waals surface area contributed by atoms with Gasteiger partial charge in [0.05, 0.1) is 25.7 Å². The van der Waals surface area contributed by atoms with Gasteiger partial charge in [0, 0.05) is 31.3 Å². The maximum Gasteiger partial charge on any atom is 0.309 e. The van der Waals surface area contributed by atoms with Crippen LogP contribution in [-0.2, 0) is 31.9 Å². The summed E-state index contributed by atoms with van der Waals surface area (Å²) in [4.78, 5) is 28.5. The molecule has 3 atom stereocenters. The zero-order valence-corrected chi connectivity index (χ0v) is 25.7. The van der Waals surface area contributed by atoms with Crippen LogP contribution in [0.1, 0.15) is 48.1 Å². The first-order valence-corrected chi connectivity index (χ1v) is 15.1. The number of fused-ring (bicyclic) bond motifs is 1. The van der Waals surface area contributed by atoms with Gasteiger partial charge in [-0.3, -0.25) is 14.5 Å². The number of amides is 1. The first-order chi connectivity index (χ1) is 21.8. The van der Waals surface area contributed by atoms with Crippen molar-refractivity contribution in [3.8, 4) is 17.2 Å². The van der Waals surface area contributed by atoms with Crippen molar-refractivity contribution in [2.45, 2.75) is 38.6 Å². The van der Waals surface area contributed by atoms with Crippen LogP contribution in [0.5, 0.6) is 17.2 Å². The number of halogens is 1. The lowest BCUT2D eigenvalue weighted by Crippen LogP contribution is -2.35. The molecule has 2 heterocycles. The van der Waals surface area contributed by atoms with Gasteiger partial charge < -0.3 is 34.1 Å². The Morgan fingerprint density at radius 3 is 2.33 bits per heavy atom. The van der Waals surface area contributed by atoms with E-state index in [1.165, 1.54) is 12.1 Å². The van der Waals surface area contributed by atoms with E-state index in [2.05, 4.69) is 5.32 Å². The molecule has 10 nitrogen and oxygen atoms in total. The molecular formula is C34H39FN2O8. The standard InChI is InChI=1S/C34H39FN2O8/c1-4-21-14-25(35)15-22(5-2)32(21)36-30(38)18-37-17-27(24-8-11-28-29(16-24)45-20-44-28)31(34(39)40)33(37)23-6-9-26(10-7-23)43-19-42-13-12-41-3/h6-11,14-16,27,31,33H,4-5,12-13,17-20H2,1-3H3,(H,36,38)(H,39,40)/t27-,31?,33+/m1/s1. The van der Waals surface area contributed by atoms with E-state index in [1.807, 2.05) is 43.0 Å². The van der Waals surface area contributed by atoms with Crippen molar-refractivity contribution in [1.82, 2.24) is 4.90 Å². The first-order valence-electron chi connectivity index (χ1n) is 15.1. The number of aryl methyl sites for hydroxylation is 2. The van der Waals surface area contributed by atoms with Crippen molar-refractivity contribution >= 4 is 17.6 Å². The lowest BCUT2D eigenvalue weighted by Gasteiger charge is -2.27. The van der Waals surface area contributed by atoms with Gasteiger partial charge in [-0.05, 0) is 71.5 Å². The fraction of sp³-hybridized carbons (Fsp3) is 0.412. The molecule has 2 aliphatic heterocycles. The van der Waals surface area contributed by atoms with Crippen LogP contribution in [0, 0.1) is 11.7 Å². The largest absolute Gasteiger partial charge is 0.481 e. The molecule has 1 fully saturated rings. The van der Waals surface area contributed by atoms with Crippen LogP contribution in [0.2, 0.25) is 0 Å². The van der Waals surface area contributed by atoms with Crippen LogP contribution in [0.15, 0.2) is 54.6 Å². The molecule has 3 aromatic rings. The Morgan fingerprint density at radius 2 is 1.67 bits per heavy atom. The number of rotatable bonds is 14. The number of hydrogen-bond donors (Lipinski definition) is 2. The highest BCUT2D eigenvalue weighted by atomic mass is 19.1. The molecule has 0 aromatic heterocycles. The monoisotopic (exact) mass is 622 g/mol. The molecule has 1 saturated heterocycles. The smallest absolute Gasteiger partial charge is 0.309 e. The van der Waals surface area contributed by atoms with Crippen LogP contribution in [0.3, 0.4) is 0 Å². The first kappa shape index (κ1) is 32.2. The van der Waals surface area contributed by atoms with E-state index in [0.717, 1.165) is 11.1 Å². The number of likely N-dealkylation sites (tertiary alicyclic amines) is 1. The fourth-order valence-electron chi connectivity index (χ4n) is 6.15. The van der Waals surface area contributed by atoms with Gasteiger partial charge in [-0.1, -0.05) is 32.0 Å². The molecule has 5 rings (SSSR count). The Balaban J connectivity index is 1.43. The molecule has 0 aliphatic carbocycles. The Labute approximate surface area is 262 Å². The van der Waals surface area contributed by atoms with E-state index in [9.17, 15) is 19.1 Å². The number of carboxylic acids is 1. The number of methoxy groups -OCH3 is 1. The summed E-state index contributed by atoms with van der Waals surface area (Å²) in [5.74, 6) is -1.20. The van der Waals surface area contributed by atoms with Gasteiger partial charge in [0.2, 0.25) is 12.7 Å². The molecule has 0 spiro atoms. The van der Waals surface area contributed by atoms with E-state index in [1.54, 1.807) is 25.3 Å². The minimum absolute atomic E-state index is 0.0469. The second kappa shape index (κ2) is 14.7. The van der Waals surface area contributed by atoms with E-state index in [-0.39, 0.29) is 31.9 Å². The van der Waals surface area contributed by atoms with Gasteiger partial charge in [0.15, 0.2) is 18.3 Å². The van der Waals surface area contributed by atoms with Crippen molar-refractivity contribution < 1.29 is 42.8 Å². The molecular weight excluding hydrogens is 583 g/mol. The van der Waals surface area contributed by atoms with Crippen molar-refractivity contribution in [3.63, 3.8) is 0 Å². The highest BCUT2D eigenvalue weighted by Gasteiger charge is 2.48. The van der Waals surface area contributed by atoms with E-state index in [4.69, 9.17) is 23.7 Å². The average molecular weight is 623 g/mol. The molecule has 11 heteroatoms. The molecule has 0 bridgehead atoms. The number of nitrogens with one attached hydrogen (secondary N) is 1. The predicted molar refractivity (Wildman–Crippen MR) is 164 cm³/mol. The summed E-state index contributed by atoms with van der Waals surface area (Å²) >= 11 is 0. The molecule has 2 N–H and O–H groups in total. The minimum atomic E-state index is -0.975. The van der Waals surface area contributed by atoms with Gasteiger partial charge in [-0.25, -0.2) is 4.39 Å². The van der Waals surface area contributed by atoms with E-state index >= 15 is 0 Å². The molecule has 3 aromatic carbocycles. The van der Waals surface area contributed by atoms with Gasteiger partial charge in [0.25, 0.3) is 0 Å². The second-order valence-electron chi connectivity index (χ2n) is 11.0. The zero-order valence-electron chi connectivity index (χ0n) is 25.7. The summed E-state index contributed by atoms with van der Waals surface area (Å²) in [5, 5.41) is 13.6. The molecule has 2 aliphatic rings. The average Bonchev–Trinajstić information content (AvgIpc) is 3.66. The number of aliphatic carboxylic acids is 1. The minimum Gasteiger partial charge on any atom is -0.481 e. The third-order valence-electron chi connectivity index (χ3n) is 8.31. The highest BCUT2D eigenvalue weighted by molar-refractivity contribution is 5.94. The van der Waals surface area contributed by atoms with Crippen molar-refractivity contribution in [1.29, 1.82) is 0 Å². The topological polar surface area (TPSA) is 116 Å². The number of nitrogens with zero attached hydrogens (tertiary/aromatic N) is 1. The quantitative estimate of drug-likeness (QED) is 0.186. The Kier molecular flexibility index (Phi) is 10.5. The third kappa shape index (κ3) is 7.38. The normalized spacial score (nSPS) is 19.1. The van der Waals surface area contributed by atoms with Crippen molar-refractivity contribution in [2.24, 2.45) is 5.92 Å². The van der Waals surface area contributed by atoms with Crippen molar-refractivity contribution in [2.75, 3.05) is 52.3 Å². The molecule has 45 heavy (non-hydrogen) atoms. The van der Waals surface area contributed by atoms with Crippen LogP contribution in [0.25, 0.3) is 0 Å². The summed E-state index contributed by atoms with van der Waals surface area (Å²) in [6, 6.07) is 14.9. The van der Waals surface area contributed by atoms with Gasteiger partial charge in [0.1, 0.15) is 11.6 Å². The van der Waals surface area contributed by atoms with Crippen LogP contribution < -0.4 is 19.5 Å². The Morgan fingerprint density at radius 1 is 0.978 bits per heavy atom. The van der Waals surface area contributed by atoms with Gasteiger partial charge >= 0.3 is 5.97 Å². The lowest BCUT2D eigenvalue weighted by molar-refractivity contribution is -0.143. The predicted octanol–water partition coefficient (Wildman–Crippen LogP) is 5.16. The van der Waals surface area contributed by atoms with Gasteiger partial charge in [-0.2, -0.15) is 0 Å². The molecule has 1 unspecified atom stereocenters. The second-order valence-corrected chi connectivity index (χ2v) is 11.0. The maximum absolute atomic E-state index is 14.2. The number of hydrogen-bond acceptors (Lipinski definition) is 8. The van der Waals surface area contributed by atoms with E-state index in [0.29, 0.717) is 66.7 Å². The van der Waals surface area contributed by atoms with Gasteiger partial charge in [-0.15, -0.1) is 0 Å². The highest BCUT2D eigenvalue weighted by Crippen LogP contribution is 2.47. The lowest BCUT2D eigenvalue weighted by atomic mass is 9.82. The number of carbonyl (C=O) groups is 2. The van der Waals surface area contributed by atoms with Crippen molar-refractivity contribution in [3.05, 3.63) is 82.7 Å². The fourth-order valence-corrected chi connectivity index (χ4v) is 6.15. The van der Waals surface area contributed by atoms with Crippen LogP contribution in [-0.4, -0.2) is 68.9 Å². The number of benzene rings is 3. The Hall–Kier alpha value is -4.19. The Bertz CT molecular complexity index is 1470.